The zero-order chi connectivity index (χ0) is 22.9. The van der Waals surface area contributed by atoms with Crippen LogP contribution in [0.3, 0.4) is 0 Å². The summed E-state index contributed by atoms with van der Waals surface area (Å²) in [6, 6.07) is 8.52. The number of hydroxylamine groups is 2. The van der Waals surface area contributed by atoms with Crippen LogP contribution in [0.1, 0.15) is 49.7 Å². The van der Waals surface area contributed by atoms with Crippen molar-refractivity contribution in [1.29, 1.82) is 0 Å². The molecule has 1 saturated heterocycles. The summed E-state index contributed by atoms with van der Waals surface area (Å²) in [4.78, 5) is 32.4. The van der Waals surface area contributed by atoms with Crippen LogP contribution in [-0.4, -0.2) is 62.3 Å². The van der Waals surface area contributed by atoms with Gasteiger partial charge in [-0.3, -0.25) is 9.52 Å². The van der Waals surface area contributed by atoms with Crippen LogP contribution in [0.4, 0.5) is 9.59 Å². The zero-order valence-corrected chi connectivity index (χ0v) is 18.5. The summed E-state index contributed by atoms with van der Waals surface area (Å²) in [5.74, 6) is 0. The highest BCUT2D eigenvalue weighted by Crippen LogP contribution is 2.43. The zero-order valence-electron chi connectivity index (χ0n) is 18.5. The molecule has 0 spiro atoms. The molecule has 172 valence electrons. The first kappa shape index (κ1) is 22.1. The van der Waals surface area contributed by atoms with Gasteiger partial charge in [0.05, 0.1) is 37.6 Å². The van der Waals surface area contributed by atoms with E-state index < -0.39 is 17.7 Å². The summed E-state index contributed by atoms with van der Waals surface area (Å²) in [5, 5.41) is 18.6. The fourth-order valence-electron chi connectivity index (χ4n) is 4.07. The Labute approximate surface area is 186 Å². The number of rotatable bonds is 7. The molecule has 4 rings (SSSR count). The molecule has 10 nitrogen and oxygen atoms in total. The first-order valence-electron chi connectivity index (χ1n) is 10.7. The number of amides is 3. The lowest BCUT2D eigenvalue weighted by Gasteiger charge is -2.30. The maximum Gasteiger partial charge on any atom is 0.407 e. The second-order valence-electron chi connectivity index (χ2n) is 8.87. The molecule has 2 N–H and O–H groups in total. The molecule has 0 saturated carbocycles. The van der Waals surface area contributed by atoms with Crippen molar-refractivity contribution < 1.29 is 24.3 Å². The molecule has 1 aromatic heterocycles. The molecular formula is C22H29N5O5. The molecule has 2 aliphatic rings. The first-order chi connectivity index (χ1) is 15.3. The molecule has 1 aromatic carbocycles. The van der Waals surface area contributed by atoms with E-state index in [1.165, 1.54) is 5.06 Å². The van der Waals surface area contributed by atoms with Gasteiger partial charge in [0.15, 0.2) is 0 Å². The highest BCUT2D eigenvalue weighted by Gasteiger charge is 2.50. The SMILES string of the molecule is CC(C)(C)OC(=O)NCCn1ncc2c1C(CO)N1C[C@H]2N(OCc2ccccc2)C1=O. The van der Waals surface area contributed by atoms with Gasteiger partial charge in [0.2, 0.25) is 0 Å². The lowest BCUT2D eigenvalue weighted by molar-refractivity contribution is -0.141. The first-order valence-corrected chi connectivity index (χ1v) is 10.7. The van der Waals surface area contributed by atoms with Crippen LogP contribution >= 0.6 is 0 Å². The van der Waals surface area contributed by atoms with Crippen LogP contribution in [0.5, 0.6) is 0 Å². The normalized spacial score (nSPS) is 19.8. The fourth-order valence-corrected chi connectivity index (χ4v) is 4.07. The highest BCUT2D eigenvalue weighted by atomic mass is 16.7. The van der Waals surface area contributed by atoms with Gasteiger partial charge in [-0.15, -0.1) is 0 Å². The number of nitrogens with one attached hydrogen (secondary N) is 1. The van der Waals surface area contributed by atoms with Crippen LogP contribution in [0.2, 0.25) is 0 Å². The fraction of sp³-hybridized carbons (Fsp3) is 0.500. The van der Waals surface area contributed by atoms with Crippen molar-refractivity contribution in [3.8, 4) is 0 Å². The van der Waals surface area contributed by atoms with E-state index in [2.05, 4.69) is 10.4 Å². The van der Waals surface area contributed by atoms with E-state index in [-0.39, 0.29) is 25.3 Å². The monoisotopic (exact) mass is 443 g/mol. The number of urea groups is 1. The molecule has 3 heterocycles. The van der Waals surface area contributed by atoms with Gasteiger partial charge in [0.1, 0.15) is 18.2 Å². The van der Waals surface area contributed by atoms with Crippen LogP contribution in [0, 0.1) is 0 Å². The van der Waals surface area contributed by atoms with Crippen molar-refractivity contribution in [2.75, 3.05) is 19.7 Å². The Bertz CT molecular complexity index is 971. The Morgan fingerprint density at radius 1 is 1.28 bits per heavy atom. The lowest BCUT2D eigenvalue weighted by atomic mass is 9.98. The molecule has 2 bridgehead atoms. The van der Waals surface area contributed by atoms with Gasteiger partial charge in [-0.25, -0.2) is 9.59 Å². The number of benzene rings is 1. The summed E-state index contributed by atoms with van der Waals surface area (Å²) in [6.45, 7) is 6.54. The number of ether oxygens (including phenoxy) is 1. The van der Waals surface area contributed by atoms with E-state index in [9.17, 15) is 14.7 Å². The van der Waals surface area contributed by atoms with Gasteiger partial charge >= 0.3 is 12.1 Å². The summed E-state index contributed by atoms with van der Waals surface area (Å²) in [6.07, 6.45) is 1.21. The van der Waals surface area contributed by atoms with Crippen LogP contribution in [0.25, 0.3) is 0 Å². The standard InChI is InChI=1S/C22H29N5O5/c1-22(2,3)32-20(29)23-9-10-26-19-16(11-24-26)17-12-25(18(19)13-28)21(30)27(17)31-14-15-7-5-4-6-8-15/h4-8,11,17-18,28H,9-10,12-14H2,1-3H3,(H,23,29)/t17-,18?/m1/s1. The Hall–Kier alpha value is -3.11. The van der Waals surface area contributed by atoms with Gasteiger partial charge in [-0.1, -0.05) is 30.3 Å². The second kappa shape index (κ2) is 8.79. The topological polar surface area (TPSA) is 109 Å². The van der Waals surface area contributed by atoms with Gasteiger partial charge in [-0.05, 0) is 26.3 Å². The van der Waals surface area contributed by atoms with Crippen LogP contribution in [-0.2, 0) is 22.7 Å². The van der Waals surface area contributed by atoms with E-state index in [1.807, 2.05) is 30.3 Å². The lowest BCUT2D eigenvalue weighted by Crippen LogP contribution is -2.38. The average Bonchev–Trinajstić information content (AvgIpc) is 3.28. The van der Waals surface area contributed by atoms with Crippen molar-refractivity contribution in [1.82, 2.24) is 25.1 Å². The maximum atomic E-state index is 13.0. The Morgan fingerprint density at radius 3 is 2.72 bits per heavy atom. The molecule has 2 atom stereocenters. The highest BCUT2D eigenvalue weighted by molar-refractivity contribution is 5.78. The minimum Gasteiger partial charge on any atom is -0.444 e. The summed E-state index contributed by atoms with van der Waals surface area (Å²) >= 11 is 0. The minimum atomic E-state index is -0.576. The number of carbonyl (C=O) groups is 2. The van der Waals surface area contributed by atoms with E-state index in [4.69, 9.17) is 9.57 Å². The molecule has 3 amide bonds. The predicted molar refractivity (Wildman–Crippen MR) is 114 cm³/mol. The summed E-state index contributed by atoms with van der Waals surface area (Å²) in [7, 11) is 0. The third kappa shape index (κ3) is 4.42. The van der Waals surface area contributed by atoms with Crippen LogP contribution < -0.4 is 5.32 Å². The third-order valence-corrected chi connectivity index (χ3v) is 5.43. The molecule has 0 aliphatic carbocycles. The molecule has 32 heavy (non-hydrogen) atoms. The van der Waals surface area contributed by atoms with Crippen molar-refractivity contribution in [3.05, 3.63) is 53.3 Å². The van der Waals surface area contributed by atoms with Crippen LogP contribution in [0.15, 0.2) is 36.5 Å². The maximum absolute atomic E-state index is 13.0. The minimum absolute atomic E-state index is 0.233. The van der Waals surface area contributed by atoms with Gasteiger partial charge < -0.3 is 20.1 Å². The predicted octanol–water partition coefficient (Wildman–Crippen LogP) is 2.37. The van der Waals surface area contributed by atoms with Gasteiger partial charge in [0.25, 0.3) is 0 Å². The van der Waals surface area contributed by atoms with E-state index in [0.717, 1.165) is 16.8 Å². The number of carbonyl (C=O) groups excluding carboxylic acids is 2. The second-order valence-corrected chi connectivity index (χ2v) is 8.87. The largest absolute Gasteiger partial charge is 0.444 e. The van der Waals surface area contributed by atoms with Crippen molar-refractivity contribution in [2.24, 2.45) is 0 Å². The number of hydrogen-bond donors (Lipinski definition) is 2. The van der Waals surface area contributed by atoms with Crippen molar-refractivity contribution in [2.45, 2.75) is 51.6 Å². The Morgan fingerprint density at radius 2 is 2.03 bits per heavy atom. The summed E-state index contributed by atoms with van der Waals surface area (Å²) < 4.78 is 6.97. The summed E-state index contributed by atoms with van der Waals surface area (Å²) in [5.41, 5.74) is 1.98. The van der Waals surface area contributed by atoms with E-state index in [0.29, 0.717) is 19.6 Å². The molecule has 1 fully saturated rings. The van der Waals surface area contributed by atoms with Gasteiger partial charge in [0, 0.05) is 12.1 Å². The smallest absolute Gasteiger partial charge is 0.407 e. The number of nitrogens with zero attached hydrogens (tertiary/aromatic N) is 4. The number of fused-ring (bicyclic) bond motifs is 4. The molecule has 0 radical (unpaired) electrons. The third-order valence-electron chi connectivity index (χ3n) is 5.43. The Balaban J connectivity index is 1.47. The number of aliphatic hydroxyl groups is 1. The van der Waals surface area contributed by atoms with E-state index in [1.54, 1.807) is 36.5 Å². The van der Waals surface area contributed by atoms with E-state index >= 15 is 0 Å². The average molecular weight is 444 g/mol. The number of alkyl carbamates (subject to hydrolysis) is 1. The molecular weight excluding hydrogens is 414 g/mol. The van der Waals surface area contributed by atoms with Gasteiger partial charge in [-0.2, -0.15) is 10.2 Å². The number of aliphatic hydroxyl groups excluding tert-OH is 1. The van der Waals surface area contributed by atoms with Crippen molar-refractivity contribution >= 4 is 12.1 Å². The quantitative estimate of drug-likeness (QED) is 0.680. The Kier molecular flexibility index (Phi) is 6.07. The number of aromatic nitrogens is 2. The number of hydrogen-bond acceptors (Lipinski definition) is 6. The molecule has 2 aromatic rings. The van der Waals surface area contributed by atoms with Crippen molar-refractivity contribution in [3.63, 3.8) is 0 Å². The molecule has 1 unspecified atom stereocenters. The molecule has 10 heteroatoms. The molecule has 2 aliphatic heterocycles.